The summed E-state index contributed by atoms with van der Waals surface area (Å²) in [5.74, 6) is -1.04. The first kappa shape index (κ1) is 19.2. The van der Waals surface area contributed by atoms with Crippen molar-refractivity contribution in [2.24, 2.45) is 0 Å². The summed E-state index contributed by atoms with van der Waals surface area (Å²) < 4.78 is 15.2. The Morgan fingerprint density at radius 3 is 2.78 bits per heavy atom. The molecule has 0 fully saturated rings. The van der Waals surface area contributed by atoms with Crippen LogP contribution in [-0.2, 0) is 17.8 Å². The van der Waals surface area contributed by atoms with Crippen molar-refractivity contribution in [2.75, 3.05) is 11.1 Å². The first-order valence-electron chi connectivity index (χ1n) is 8.10. The molecule has 9 heteroatoms. The van der Waals surface area contributed by atoms with E-state index < -0.39 is 11.7 Å². The van der Waals surface area contributed by atoms with E-state index in [1.165, 1.54) is 16.7 Å². The Labute approximate surface area is 163 Å². The highest BCUT2D eigenvalue weighted by molar-refractivity contribution is 7.99. The van der Waals surface area contributed by atoms with Gasteiger partial charge in [0.05, 0.1) is 11.4 Å². The molecule has 1 aromatic heterocycles. The predicted octanol–water partition coefficient (Wildman–Crippen LogP) is 3.34. The number of H-pyrrole nitrogens is 1. The highest BCUT2D eigenvalue weighted by Gasteiger charge is 2.13. The molecule has 0 aliphatic carbocycles. The largest absolute Gasteiger partial charge is 0.343 e. The molecule has 2 aromatic carbocycles. The lowest BCUT2D eigenvalue weighted by molar-refractivity contribution is -0.113. The molecular weight excluding hydrogens is 391 g/mol. The van der Waals surface area contributed by atoms with Crippen LogP contribution in [-0.4, -0.2) is 26.4 Å². The molecule has 0 spiro atoms. The van der Waals surface area contributed by atoms with Crippen molar-refractivity contribution in [1.82, 2.24) is 14.8 Å². The van der Waals surface area contributed by atoms with Crippen molar-refractivity contribution in [3.63, 3.8) is 0 Å². The number of nitrogens with one attached hydrogen (secondary N) is 2. The number of hydrogen-bond donors (Lipinski definition) is 2. The second-order valence-corrected chi connectivity index (χ2v) is 7.04. The van der Waals surface area contributed by atoms with E-state index in [1.807, 2.05) is 30.3 Å². The van der Waals surface area contributed by atoms with Gasteiger partial charge in [0.1, 0.15) is 5.82 Å². The molecule has 3 rings (SSSR count). The zero-order valence-electron chi connectivity index (χ0n) is 14.1. The first-order valence-corrected chi connectivity index (χ1v) is 9.46. The molecule has 6 nitrogen and oxygen atoms in total. The highest BCUT2D eigenvalue weighted by atomic mass is 35.5. The minimum Gasteiger partial charge on any atom is -0.323 e. The maximum atomic E-state index is 13.7. The van der Waals surface area contributed by atoms with Crippen LogP contribution in [0.1, 0.15) is 5.56 Å². The number of aryl methyl sites for hydroxylation is 1. The van der Waals surface area contributed by atoms with Gasteiger partial charge in [-0.1, -0.05) is 53.7 Å². The van der Waals surface area contributed by atoms with Gasteiger partial charge in [-0.3, -0.25) is 9.36 Å². The Balaban J connectivity index is 1.59. The van der Waals surface area contributed by atoms with Crippen LogP contribution in [0.2, 0.25) is 5.02 Å². The van der Waals surface area contributed by atoms with Gasteiger partial charge >= 0.3 is 5.69 Å². The number of thioether (sulfide) groups is 1. The van der Waals surface area contributed by atoms with Gasteiger partial charge in [0.25, 0.3) is 0 Å². The lowest BCUT2D eigenvalue weighted by Gasteiger charge is -2.07. The maximum absolute atomic E-state index is 13.7. The van der Waals surface area contributed by atoms with E-state index in [0.29, 0.717) is 18.1 Å². The first-order chi connectivity index (χ1) is 13.0. The summed E-state index contributed by atoms with van der Waals surface area (Å²) in [4.78, 5) is 24.0. The molecule has 1 heterocycles. The molecule has 0 aliphatic heterocycles. The molecule has 1 amide bonds. The lowest BCUT2D eigenvalue weighted by Crippen LogP contribution is -2.20. The molecule has 0 saturated heterocycles. The molecule has 0 radical (unpaired) electrons. The Bertz CT molecular complexity index is 991. The topological polar surface area (TPSA) is 79.8 Å². The molecule has 0 saturated carbocycles. The Hall–Kier alpha value is -2.58. The SMILES string of the molecule is O=C(CSc1n[nH]c(=O)n1CCc1ccccc1)Nc1ccc(Cl)cc1F. The van der Waals surface area contributed by atoms with Crippen LogP contribution in [0, 0.1) is 5.82 Å². The van der Waals surface area contributed by atoms with Crippen LogP contribution in [0.15, 0.2) is 58.5 Å². The molecule has 27 heavy (non-hydrogen) atoms. The summed E-state index contributed by atoms with van der Waals surface area (Å²) >= 11 is 6.79. The summed E-state index contributed by atoms with van der Waals surface area (Å²) in [6.45, 7) is 0.440. The van der Waals surface area contributed by atoms with E-state index in [-0.39, 0.29) is 22.2 Å². The number of nitrogens with zero attached hydrogens (tertiary/aromatic N) is 2. The molecule has 0 unspecified atom stereocenters. The van der Waals surface area contributed by atoms with Gasteiger partial charge in [0.15, 0.2) is 5.16 Å². The number of amides is 1. The monoisotopic (exact) mass is 406 g/mol. The molecule has 0 bridgehead atoms. The number of halogens is 2. The van der Waals surface area contributed by atoms with Crippen molar-refractivity contribution in [2.45, 2.75) is 18.1 Å². The number of carbonyl (C=O) groups is 1. The van der Waals surface area contributed by atoms with Crippen molar-refractivity contribution in [3.8, 4) is 0 Å². The van der Waals surface area contributed by atoms with E-state index in [9.17, 15) is 14.0 Å². The van der Waals surface area contributed by atoms with E-state index in [2.05, 4.69) is 15.5 Å². The number of hydrogen-bond acceptors (Lipinski definition) is 4. The van der Waals surface area contributed by atoms with E-state index in [1.54, 1.807) is 0 Å². The van der Waals surface area contributed by atoms with E-state index in [4.69, 9.17) is 11.6 Å². The van der Waals surface area contributed by atoms with E-state index >= 15 is 0 Å². The highest BCUT2D eigenvalue weighted by Crippen LogP contribution is 2.20. The number of aromatic nitrogens is 3. The second-order valence-electron chi connectivity index (χ2n) is 5.66. The van der Waals surface area contributed by atoms with Crippen LogP contribution >= 0.6 is 23.4 Å². The van der Waals surface area contributed by atoms with Crippen LogP contribution < -0.4 is 11.0 Å². The van der Waals surface area contributed by atoms with Gasteiger partial charge in [-0.25, -0.2) is 14.3 Å². The molecular formula is C18H16ClFN4O2S. The second kappa shape index (κ2) is 8.88. The maximum Gasteiger partial charge on any atom is 0.343 e. The zero-order valence-corrected chi connectivity index (χ0v) is 15.7. The van der Waals surface area contributed by atoms with Crippen LogP contribution in [0.3, 0.4) is 0 Å². The normalized spacial score (nSPS) is 10.7. The van der Waals surface area contributed by atoms with Crippen molar-refractivity contribution in [1.29, 1.82) is 0 Å². The van der Waals surface area contributed by atoms with Gasteiger partial charge in [0.2, 0.25) is 5.91 Å². The Morgan fingerprint density at radius 2 is 2.04 bits per heavy atom. The smallest absolute Gasteiger partial charge is 0.323 e. The fourth-order valence-electron chi connectivity index (χ4n) is 2.40. The summed E-state index contributed by atoms with van der Waals surface area (Å²) in [7, 11) is 0. The Morgan fingerprint density at radius 1 is 1.26 bits per heavy atom. The third-order valence-corrected chi connectivity index (χ3v) is 4.94. The summed E-state index contributed by atoms with van der Waals surface area (Å²) in [5, 5.41) is 9.47. The number of rotatable bonds is 7. The van der Waals surface area contributed by atoms with Crippen molar-refractivity contribution in [3.05, 3.63) is 75.4 Å². The minimum atomic E-state index is -0.611. The molecule has 0 aliphatic rings. The summed E-state index contributed by atoms with van der Waals surface area (Å²) in [5.41, 5.74) is 0.809. The van der Waals surface area contributed by atoms with Crippen molar-refractivity contribution < 1.29 is 9.18 Å². The van der Waals surface area contributed by atoms with Crippen LogP contribution in [0.4, 0.5) is 10.1 Å². The zero-order chi connectivity index (χ0) is 19.2. The van der Waals surface area contributed by atoms with Gasteiger partial charge in [-0.2, -0.15) is 0 Å². The summed E-state index contributed by atoms with van der Waals surface area (Å²) in [6, 6.07) is 13.8. The average molecular weight is 407 g/mol. The predicted molar refractivity (Wildman–Crippen MR) is 104 cm³/mol. The third-order valence-electron chi connectivity index (χ3n) is 3.73. The fraction of sp³-hybridized carbons (Fsp3) is 0.167. The number of benzene rings is 2. The Kier molecular flexibility index (Phi) is 6.31. The van der Waals surface area contributed by atoms with Gasteiger partial charge in [-0.05, 0) is 30.2 Å². The van der Waals surface area contributed by atoms with E-state index in [0.717, 1.165) is 23.4 Å². The molecule has 140 valence electrons. The third kappa shape index (κ3) is 5.21. The quantitative estimate of drug-likeness (QED) is 0.590. The van der Waals surface area contributed by atoms with Crippen LogP contribution in [0.5, 0.6) is 0 Å². The number of aromatic amines is 1. The average Bonchev–Trinajstić information content (AvgIpc) is 3.01. The minimum absolute atomic E-state index is 0.0162. The standard InChI is InChI=1S/C18H16ClFN4O2S/c19-13-6-7-15(14(20)10-13)21-16(25)11-27-18-23-22-17(26)24(18)9-8-12-4-2-1-3-5-12/h1-7,10H,8-9,11H2,(H,21,25)(H,22,26). The molecule has 3 aromatic rings. The van der Waals surface area contributed by atoms with Gasteiger partial charge in [0, 0.05) is 11.6 Å². The molecule has 2 N–H and O–H groups in total. The van der Waals surface area contributed by atoms with Gasteiger partial charge < -0.3 is 5.32 Å². The fourth-order valence-corrected chi connectivity index (χ4v) is 3.33. The molecule has 0 atom stereocenters. The lowest BCUT2D eigenvalue weighted by atomic mass is 10.1. The van der Waals surface area contributed by atoms with Gasteiger partial charge in [-0.15, -0.1) is 5.10 Å². The number of anilines is 1. The van der Waals surface area contributed by atoms with Crippen LogP contribution in [0.25, 0.3) is 0 Å². The number of carbonyl (C=O) groups excluding carboxylic acids is 1. The summed E-state index contributed by atoms with van der Waals surface area (Å²) in [6.07, 6.45) is 0.663. The van der Waals surface area contributed by atoms with Crippen molar-refractivity contribution >= 4 is 35.0 Å².